The monoisotopic (exact) mass is 264 g/mol. The van der Waals surface area contributed by atoms with Crippen LogP contribution in [0.4, 0.5) is 14.5 Å². The first kappa shape index (κ1) is 12.9. The average molecular weight is 264 g/mol. The van der Waals surface area contributed by atoms with Crippen molar-refractivity contribution in [3.05, 3.63) is 53.7 Å². The van der Waals surface area contributed by atoms with E-state index in [4.69, 9.17) is 4.74 Å². The molecule has 6 heteroatoms. The first-order chi connectivity index (χ1) is 9.08. The molecule has 2 rings (SSSR count). The lowest BCUT2D eigenvalue weighted by molar-refractivity contribution is 0.102. The predicted molar refractivity (Wildman–Crippen MR) is 65.1 cm³/mol. The summed E-state index contributed by atoms with van der Waals surface area (Å²) >= 11 is 0. The zero-order valence-corrected chi connectivity index (χ0v) is 9.98. The lowest BCUT2D eigenvalue weighted by Crippen LogP contribution is -2.12. The summed E-state index contributed by atoms with van der Waals surface area (Å²) in [6.07, 6.45) is 1.38. The van der Waals surface area contributed by atoms with E-state index in [9.17, 15) is 13.6 Å². The molecule has 4 nitrogen and oxygen atoms in total. The van der Waals surface area contributed by atoms with Gasteiger partial charge in [0, 0.05) is 17.7 Å². The van der Waals surface area contributed by atoms with Gasteiger partial charge in [0.2, 0.25) is 5.88 Å². The highest BCUT2D eigenvalue weighted by Gasteiger charge is 2.09. The van der Waals surface area contributed by atoms with Crippen LogP contribution in [0.1, 0.15) is 10.4 Å². The van der Waals surface area contributed by atoms with Crippen molar-refractivity contribution in [1.82, 2.24) is 4.98 Å². The van der Waals surface area contributed by atoms with E-state index in [1.165, 1.54) is 13.3 Å². The third-order valence-corrected chi connectivity index (χ3v) is 2.33. The third-order valence-electron chi connectivity index (χ3n) is 2.33. The molecule has 0 aliphatic rings. The van der Waals surface area contributed by atoms with E-state index in [0.29, 0.717) is 17.6 Å². The molecule has 0 saturated heterocycles. The minimum absolute atomic E-state index is 0.103. The molecular weight excluding hydrogens is 254 g/mol. The number of hydrogen-bond acceptors (Lipinski definition) is 3. The number of anilines is 1. The zero-order chi connectivity index (χ0) is 13.8. The summed E-state index contributed by atoms with van der Waals surface area (Å²) in [5.41, 5.74) is 0.295. The molecule has 0 saturated carbocycles. The van der Waals surface area contributed by atoms with Gasteiger partial charge in [0.15, 0.2) is 0 Å². The molecule has 98 valence electrons. The number of aromatic nitrogens is 1. The summed E-state index contributed by atoms with van der Waals surface area (Å²) in [6, 6.07) is 5.73. The molecule has 0 aliphatic carbocycles. The lowest BCUT2D eigenvalue weighted by atomic mass is 10.2. The Labute approximate surface area is 108 Å². The molecule has 2 aromatic rings. The van der Waals surface area contributed by atoms with Gasteiger partial charge in [-0.3, -0.25) is 4.79 Å². The topological polar surface area (TPSA) is 51.2 Å². The van der Waals surface area contributed by atoms with Crippen LogP contribution in [0.15, 0.2) is 36.5 Å². The fraction of sp³-hybridized carbons (Fsp3) is 0.0769. The Bertz CT molecular complexity index is 580. The van der Waals surface area contributed by atoms with Gasteiger partial charge in [-0.2, -0.15) is 0 Å². The number of ether oxygens (including phenoxy) is 1. The van der Waals surface area contributed by atoms with Crippen LogP contribution < -0.4 is 10.1 Å². The van der Waals surface area contributed by atoms with E-state index < -0.39 is 17.5 Å². The number of methoxy groups -OCH3 is 1. The Morgan fingerprint density at radius 2 is 1.89 bits per heavy atom. The molecule has 1 heterocycles. The van der Waals surface area contributed by atoms with Gasteiger partial charge >= 0.3 is 0 Å². The Kier molecular flexibility index (Phi) is 3.70. The van der Waals surface area contributed by atoms with Gasteiger partial charge in [0.05, 0.1) is 19.0 Å². The summed E-state index contributed by atoms with van der Waals surface area (Å²) < 4.78 is 30.8. The van der Waals surface area contributed by atoms with Crippen LogP contribution in [-0.4, -0.2) is 18.0 Å². The van der Waals surface area contributed by atoms with Crippen molar-refractivity contribution in [2.75, 3.05) is 12.4 Å². The number of rotatable bonds is 3. The summed E-state index contributed by atoms with van der Waals surface area (Å²) in [5.74, 6) is -1.84. The predicted octanol–water partition coefficient (Wildman–Crippen LogP) is 2.62. The van der Waals surface area contributed by atoms with E-state index >= 15 is 0 Å². The summed E-state index contributed by atoms with van der Waals surface area (Å²) in [4.78, 5) is 15.7. The van der Waals surface area contributed by atoms with Crippen LogP contribution in [-0.2, 0) is 0 Å². The Morgan fingerprint density at radius 1 is 1.21 bits per heavy atom. The molecular formula is C13H10F2N2O2. The van der Waals surface area contributed by atoms with Gasteiger partial charge in [0.25, 0.3) is 5.91 Å². The number of nitrogens with one attached hydrogen (secondary N) is 1. The number of carbonyl (C=O) groups is 1. The van der Waals surface area contributed by atoms with Crippen LogP contribution in [0.25, 0.3) is 0 Å². The van der Waals surface area contributed by atoms with Gasteiger partial charge in [-0.25, -0.2) is 13.8 Å². The first-order valence-electron chi connectivity index (χ1n) is 5.36. The molecule has 0 radical (unpaired) electrons. The summed E-state index contributed by atoms with van der Waals surface area (Å²) in [5, 5.41) is 2.47. The van der Waals surface area contributed by atoms with Crippen LogP contribution in [0.5, 0.6) is 5.88 Å². The third kappa shape index (κ3) is 3.25. The zero-order valence-electron chi connectivity index (χ0n) is 9.98. The number of halogens is 2. The number of pyridine rings is 1. The maximum atomic E-state index is 13.0. The van der Waals surface area contributed by atoms with Crippen LogP contribution >= 0.6 is 0 Å². The highest BCUT2D eigenvalue weighted by molar-refractivity contribution is 6.04. The lowest BCUT2D eigenvalue weighted by Gasteiger charge is -2.06. The molecule has 19 heavy (non-hydrogen) atoms. The van der Waals surface area contributed by atoms with Gasteiger partial charge < -0.3 is 10.1 Å². The Morgan fingerprint density at radius 3 is 2.42 bits per heavy atom. The smallest absolute Gasteiger partial charge is 0.255 e. The SMILES string of the molecule is COc1ccc(NC(=O)c2cc(F)cc(F)c2)cn1. The normalized spacial score (nSPS) is 10.1. The van der Waals surface area contributed by atoms with Gasteiger partial charge in [-0.05, 0) is 18.2 Å². The molecule has 0 aliphatic heterocycles. The van der Waals surface area contributed by atoms with Crippen molar-refractivity contribution < 1.29 is 18.3 Å². The number of nitrogens with zero attached hydrogens (tertiary/aromatic N) is 1. The highest BCUT2D eigenvalue weighted by Crippen LogP contribution is 2.14. The number of amides is 1. The molecule has 1 aromatic carbocycles. The molecule has 1 aromatic heterocycles. The number of benzene rings is 1. The Hall–Kier alpha value is -2.50. The standard InChI is InChI=1S/C13H10F2N2O2/c1-19-12-3-2-11(7-16-12)17-13(18)8-4-9(14)6-10(15)5-8/h2-7H,1H3,(H,17,18). The van der Waals surface area contributed by atoms with Gasteiger partial charge in [-0.15, -0.1) is 0 Å². The molecule has 0 unspecified atom stereocenters. The van der Waals surface area contributed by atoms with Crippen LogP contribution in [0.2, 0.25) is 0 Å². The van der Waals surface area contributed by atoms with Gasteiger partial charge in [-0.1, -0.05) is 0 Å². The Balaban J connectivity index is 2.15. The molecule has 1 N–H and O–H groups in total. The minimum atomic E-state index is -0.807. The molecule has 0 fully saturated rings. The maximum Gasteiger partial charge on any atom is 0.255 e. The summed E-state index contributed by atoms with van der Waals surface area (Å²) in [6.45, 7) is 0. The second-order valence-electron chi connectivity index (χ2n) is 3.70. The second-order valence-corrected chi connectivity index (χ2v) is 3.70. The van der Waals surface area contributed by atoms with Crippen molar-refractivity contribution in [2.24, 2.45) is 0 Å². The van der Waals surface area contributed by atoms with Crippen molar-refractivity contribution in [2.45, 2.75) is 0 Å². The average Bonchev–Trinajstić information content (AvgIpc) is 2.38. The number of hydrogen-bond donors (Lipinski definition) is 1. The van der Waals surface area contributed by atoms with E-state index in [2.05, 4.69) is 10.3 Å². The molecule has 0 bridgehead atoms. The first-order valence-corrected chi connectivity index (χ1v) is 5.36. The van der Waals surface area contributed by atoms with Crippen molar-refractivity contribution >= 4 is 11.6 Å². The van der Waals surface area contributed by atoms with Crippen LogP contribution in [0.3, 0.4) is 0 Å². The fourth-order valence-electron chi connectivity index (χ4n) is 1.46. The molecule has 0 spiro atoms. The fourth-order valence-corrected chi connectivity index (χ4v) is 1.46. The van der Waals surface area contributed by atoms with Crippen LogP contribution in [0, 0.1) is 11.6 Å². The van der Waals surface area contributed by atoms with Crippen molar-refractivity contribution in [1.29, 1.82) is 0 Å². The molecule has 0 atom stereocenters. The van der Waals surface area contributed by atoms with Gasteiger partial charge in [0.1, 0.15) is 11.6 Å². The highest BCUT2D eigenvalue weighted by atomic mass is 19.1. The largest absolute Gasteiger partial charge is 0.481 e. The van der Waals surface area contributed by atoms with E-state index in [-0.39, 0.29) is 5.56 Å². The molecule has 1 amide bonds. The van der Waals surface area contributed by atoms with E-state index in [1.807, 2.05) is 0 Å². The van der Waals surface area contributed by atoms with E-state index in [0.717, 1.165) is 12.1 Å². The quantitative estimate of drug-likeness (QED) is 0.927. The summed E-state index contributed by atoms with van der Waals surface area (Å²) in [7, 11) is 1.47. The number of carbonyl (C=O) groups excluding carboxylic acids is 1. The minimum Gasteiger partial charge on any atom is -0.481 e. The van der Waals surface area contributed by atoms with Crippen molar-refractivity contribution in [3.8, 4) is 5.88 Å². The van der Waals surface area contributed by atoms with Crippen molar-refractivity contribution in [3.63, 3.8) is 0 Å². The van der Waals surface area contributed by atoms with E-state index in [1.54, 1.807) is 12.1 Å². The maximum absolute atomic E-state index is 13.0. The second kappa shape index (κ2) is 5.43.